The molecule has 0 aliphatic heterocycles. The van der Waals surface area contributed by atoms with Crippen molar-refractivity contribution >= 4 is 135 Å². The number of benzene rings is 6. The minimum absolute atomic E-state index is 0.00231. The molecule has 538 valence electrons. The monoisotopic (exact) mass is 1680 g/mol. The van der Waals surface area contributed by atoms with Crippen LogP contribution >= 0.6 is 46.5 Å². The number of pyridine rings is 6. The minimum atomic E-state index is -2.21. The molecule has 17 nitrogen and oxygen atoms in total. The van der Waals surface area contributed by atoms with Gasteiger partial charge < -0.3 is 28.0 Å². The molecule has 0 fully saturated rings. The standard InChI is InChI=1S/2C18H15P.C10H8N4O2.C10H10N4.C5H4ClN3O2.C5H4N.3C4H9.CH4O.2ClH.Pd.Sn/c2*1-4-10-16(11-5-1)19(17-12-6-2-7-13-17)18-14-8-3-9-15-18;11-10-9(14(15)16)7(4-6-13-10)8-3-1-2-5-12-8;11-9-7(4-6-14-10(9)12)8-3-1-2-5-13-8;6-3-1-2-8-5(7)4(3)9(10)11;1-2-4-6-5-3-1;3*1-3-4-2;1-2;;;;/h2*1-15H;1-6H,(H2,11,13);1-6H,11H2,(H2,12,14);1-2H,(H2,7,8);1-4H;3*1,3-4H2,2H3;2H,1H3;2*1H;;/q;;;;;;;;;;;;+2;/p-2. The summed E-state index contributed by atoms with van der Waals surface area (Å²) in [6, 6.07) is 86.7. The van der Waals surface area contributed by atoms with Crippen molar-refractivity contribution < 1.29 is 30.9 Å². The predicted molar refractivity (Wildman–Crippen MR) is 434 cm³/mol. The van der Waals surface area contributed by atoms with Crippen molar-refractivity contribution in [1.29, 1.82) is 0 Å². The van der Waals surface area contributed by atoms with Crippen LogP contribution in [0.25, 0.3) is 22.5 Å². The molecule has 6 heterocycles. The first kappa shape index (κ1) is 85.0. The topological polar surface area (TPSA) is 288 Å². The second-order valence-corrected chi connectivity index (χ2v) is 42.5. The molecule has 0 radical (unpaired) electrons. The van der Waals surface area contributed by atoms with Crippen molar-refractivity contribution in [3.63, 3.8) is 0 Å². The largest absolute Gasteiger partial charge is 0.0622 e. The maximum absolute atomic E-state index is 10.9. The fraction of sp³-hybridized carbons (Fsp3) is 0.165. The normalized spacial score (nSPS) is 10.3. The first-order valence-corrected chi connectivity index (χ1v) is 47.6. The van der Waals surface area contributed by atoms with Crippen LogP contribution in [0.2, 0.25) is 18.3 Å². The third-order valence-electron chi connectivity index (χ3n) is 15.4. The van der Waals surface area contributed by atoms with Crippen LogP contribution in [0.15, 0.2) is 292 Å². The van der Waals surface area contributed by atoms with Crippen molar-refractivity contribution in [2.24, 2.45) is 0 Å². The van der Waals surface area contributed by atoms with Crippen molar-refractivity contribution in [2.45, 2.75) is 72.6 Å². The van der Waals surface area contributed by atoms with Crippen LogP contribution in [0.5, 0.6) is 0 Å². The Hall–Kier alpha value is -8.63. The maximum atomic E-state index is 10.9. The number of anilines is 4. The van der Waals surface area contributed by atoms with Crippen LogP contribution in [-0.4, -0.2) is 70.3 Å². The fourth-order valence-corrected chi connectivity index (χ4v) is 30.9. The van der Waals surface area contributed by atoms with E-state index in [1.165, 1.54) is 108 Å². The molecular formula is C79H87Cl3N12O5P2PdSn. The molecule has 0 saturated heterocycles. The Bertz CT molecular complexity index is 3950. The van der Waals surface area contributed by atoms with Gasteiger partial charge in [-0.25, -0.2) is 15.0 Å². The van der Waals surface area contributed by atoms with Gasteiger partial charge in [-0.1, -0.05) is 206 Å². The molecule has 0 unspecified atom stereocenters. The zero-order chi connectivity index (χ0) is 74.5. The van der Waals surface area contributed by atoms with E-state index in [9.17, 15) is 20.2 Å². The molecule has 0 amide bonds. The number of nitro groups is 2. The summed E-state index contributed by atoms with van der Waals surface area (Å²) >= 11 is 3.15. The van der Waals surface area contributed by atoms with Gasteiger partial charge in [-0.3, -0.25) is 30.2 Å². The molecule has 0 bridgehead atoms. The molecule has 12 rings (SSSR count). The molecule has 0 atom stereocenters. The number of nitrogens with two attached hydrogens (primary N) is 4. The number of nitrogens with zero attached hydrogens (tertiary/aromatic N) is 8. The number of aliphatic hydroxyl groups is 1. The van der Waals surface area contributed by atoms with E-state index in [0.29, 0.717) is 22.8 Å². The third-order valence-corrected chi connectivity index (χ3v) is 35.8. The molecule has 0 aliphatic rings. The van der Waals surface area contributed by atoms with Crippen molar-refractivity contribution in [3.8, 4) is 22.5 Å². The summed E-state index contributed by atoms with van der Waals surface area (Å²) in [6.07, 6.45) is 17.9. The van der Waals surface area contributed by atoms with Gasteiger partial charge in [0.1, 0.15) is 10.8 Å². The summed E-state index contributed by atoms with van der Waals surface area (Å²) in [5.41, 5.74) is 24.5. The van der Waals surface area contributed by atoms with E-state index in [-0.39, 0.29) is 44.0 Å². The molecule has 0 spiro atoms. The number of nitrogen functional groups attached to an aromatic ring is 4. The summed E-state index contributed by atoms with van der Waals surface area (Å²) in [5.74, 6) is 0.0730. The summed E-state index contributed by atoms with van der Waals surface area (Å²) in [5, 5.41) is 36.5. The van der Waals surface area contributed by atoms with E-state index in [2.05, 4.69) is 246 Å². The van der Waals surface area contributed by atoms with E-state index >= 15 is 0 Å². The Morgan fingerprint density at radius 1 is 0.388 bits per heavy atom. The van der Waals surface area contributed by atoms with Gasteiger partial charge in [-0.15, -0.1) is 0 Å². The van der Waals surface area contributed by atoms with Crippen LogP contribution in [0.1, 0.15) is 59.3 Å². The van der Waals surface area contributed by atoms with Crippen LogP contribution in [-0.2, 0) is 15.9 Å². The molecule has 9 N–H and O–H groups in total. The average Bonchev–Trinajstić information content (AvgIpc) is 0.854. The van der Waals surface area contributed by atoms with E-state index < -0.39 is 44.1 Å². The SMILES string of the molecule is CCC[CH2][Sn]([CH2]CCC)([CH2]CCC)[c]1ccccn1.CO.Nc1nccc(-c2ccccn2)c1N.Nc1nccc(-c2ccccn2)c1[N+](=O)[O-].Nc1nccc(Cl)c1[N+](=O)[O-].[Cl][Pd][Cl].c1ccc(P(c2ccccc2)c2ccccc2)cc1.c1ccc(P(c2ccccc2)c2ccccc2)cc1. The number of halogens is 3. The van der Waals surface area contributed by atoms with Crippen molar-refractivity contribution in [2.75, 3.05) is 30.0 Å². The number of unbranched alkanes of at least 4 members (excludes halogenated alkanes) is 3. The van der Waals surface area contributed by atoms with E-state index in [0.717, 1.165) is 18.4 Å². The van der Waals surface area contributed by atoms with Gasteiger partial charge in [-0.2, -0.15) is 0 Å². The van der Waals surface area contributed by atoms with Gasteiger partial charge in [0, 0.05) is 43.7 Å². The molecule has 0 saturated carbocycles. The van der Waals surface area contributed by atoms with Gasteiger partial charge in [0.2, 0.25) is 11.6 Å². The van der Waals surface area contributed by atoms with Crippen LogP contribution in [0.4, 0.5) is 34.5 Å². The number of aromatic nitrogens is 6. The van der Waals surface area contributed by atoms with Gasteiger partial charge in [-0.05, 0) is 90.1 Å². The van der Waals surface area contributed by atoms with Gasteiger partial charge in [0.25, 0.3) is 0 Å². The first-order valence-electron chi connectivity index (χ1n) is 33.1. The van der Waals surface area contributed by atoms with Gasteiger partial charge in [0.15, 0.2) is 0 Å². The minimum Gasteiger partial charge on any atom is -0.0622 e. The summed E-state index contributed by atoms with van der Waals surface area (Å²) in [7, 11) is 9.74. The summed E-state index contributed by atoms with van der Waals surface area (Å²) in [4.78, 5) is 44.0. The third kappa shape index (κ3) is 28.2. The van der Waals surface area contributed by atoms with Gasteiger partial charge >= 0.3 is 170 Å². The molecule has 12 aromatic rings. The fourth-order valence-electron chi connectivity index (χ4n) is 10.6. The van der Waals surface area contributed by atoms with E-state index in [1.54, 1.807) is 46.6 Å². The quantitative estimate of drug-likeness (QED) is 0.0205. The molecule has 6 aromatic heterocycles. The summed E-state index contributed by atoms with van der Waals surface area (Å²) < 4.78 is 6.10. The maximum Gasteiger partial charge on any atom is -0.0134 e. The second kappa shape index (κ2) is 49.1. The molecule has 103 heavy (non-hydrogen) atoms. The van der Waals surface area contributed by atoms with Crippen molar-refractivity contribution in [3.05, 3.63) is 317 Å². The molecular weight excluding hydrogens is 1590 g/mol. The van der Waals surface area contributed by atoms with E-state index in [4.69, 9.17) is 63.7 Å². The van der Waals surface area contributed by atoms with Crippen molar-refractivity contribution in [1.82, 2.24) is 29.9 Å². The zero-order valence-corrected chi connectivity index (χ0v) is 66.4. The van der Waals surface area contributed by atoms with Crippen LogP contribution in [0, 0.1) is 20.2 Å². The Labute approximate surface area is 632 Å². The zero-order valence-electron chi connectivity index (χ0n) is 57.9. The molecule has 6 aromatic carbocycles. The number of hydrogen-bond acceptors (Lipinski definition) is 15. The Balaban J connectivity index is 0.000000221. The first-order chi connectivity index (χ1) is 50.2. The predicted octanol–water partition coefficient (Wildman–Crippen LogP) is 17.2. The summed E-state index contributed by atoms with van der Waals surface area (Å²) in [6.45, 7) is 6.98. The van der Waals surface area contributed by atoms with E-state index in [1.807, 2.05) is 24.4 Å². The average molecular weight is 1680 g/mol. The number of hydrogen-bond donors (Lipinski definition) is 5. The second-order valence-electron chi connectivity index (χ2n) is 22.3. The number of aliphatic hydroxyl groups excluding tert-OH is 1. The van der Waals surface area contributed by atoms with Crippen LogP contribution in [0.3, 0.4) is 0 Å². The smallest absolute Gasteiger partial charge is 0.0134 e. The molecule has 24 heteroatoms. The number of rotatable bonds is 20. The Morgan fingerprint density at radius 3 is 0.971 bits per heavy atom. The Morgan fingerprint density at radius 2 is 0.680 bits per heavy atom. The van der Waals surface area contributed by atoms with Gasteiger partial charge in [0.05, 0.1) is 32.5 Å². The Kier molecular flexibility index (Phi) is 40.5. The molecule has 0 aliphatic carbocycles. The van der Waals surface area contributed by atoms with Crippen LogP contribution < -0.4 is 58.5 Å².